The third-order valence-electron chi connectivity index (χ3n) is 3.41. The minimum Gasteiger partial charge on any atom is -0.394 e. The van der Waals surface area contributed by atoms with Gasteiger partial charge in [0, 0.05) is 19.6 Å². The van der Waals surface area contributed by atoms with Crippen LogP contribution in [-0.4, -0.2) is 22.9 Å². The summed E-state index contributed by atoms with van der Waals surface area (Å²) in [6.07, 6.45) is 3.90. The Kier molecular flexibility index (Phi) is 3.60. The van der Waals surface area contributed by atoms with E-state index < -0.39 is 0 Å². The Hall–Kier alpha value is -1.19. The predicted octanol–water partition coefficient (Wildman–Crippen LogP) is 2.42. The number of rotatable bonds is 6. The van der Waals surface area contributed by atoms with Gasteiger partial charge >= 0.3 is 0 Å². The third-order valence-corrected chi connectivity index (χ3v) is 3.41. The molecule has 1 heterocycles. The van der Waals surface area contributed by atoms with Gasteiger partial charge in [0.25, 0.3) is 0 Å². The number of anilines is 2. The van der Waals surface area contributed by atoms with E-state index in [9.17, 15) is 0 Å². The largest absolute Gasteiger partial charge is 0.394 e. The fourth-order valence-corrected chi connectivity index (χ4v) is 2.30. The fraction of sp³-hybridized carbons (Fsp3) is 0.769. The molecule has 0 amide bonds. The number of aromatic nitrogens is 2. The molecule has 4 nitrogen and oxygen atoms in total. The van der Waals surface area contributed by atoms with Crippen LogP contribution >= 0.6 is 0 Å². The van der Waals surface area contributed by atoms with Gasteiger partial charge in [-0.25, -0.2) is 4.68 Å². The summed E-state index contributed by atoms with van der Waals surface area (Å²) >= 11 is 0. The van der Waals surface area contributed by atoms with Crippen molar-refractivity contribution in [2.24, 2.45) is 5.92 Å². The lowest BCUT2D eigenvalue weighted by atomic mass is 10.3. The normalized spacial score (nSPS) is 15.2. The lowest BCUT2D eigenvalue weighted by molar-refractivity contribution is 0.613. The molecule has 1 aromatic heterocycles. The molecule has 1 aliphatic rings. The first-order chi connectivity index (χ1) is 8.17. The van der Waals surface area contributed by atoms with E-state index >= 15 is 0 Å². The van der Waals surface area contributed by atoms with E-state index in [0.29, 0.717) is 0 Å². The molecule has 0 spiro atoms. The van der Waals surface area contributed by atoms with Gasteiger partial charge in [-0.05, 0) is 39.0 Å². The Morgan fingerprint density at radius 1 is 1.41 bits per heavy atom. The summed E-state index contributed by atoms with van der Waals surface area (Å²) in [5.74, 6) is 2.01. The van der Waals surface area contributed by atoms with Crippen LogP contribution in [0.15, 0.2) is 0 Å². The van der Waals surface area contributed by atoms with E-state index in [1.54, 1.807) is 0 Å². The number of hydrogen-bond donors (Lipinski definition) is 1. The minimum absolute atomic E-state index is 0.862. The molecule has 4 heteroatoms. The fourth-order valence-electron chi connectivity index (χ4n) is 2.30. The molecule has 0 saturated heterocycles. The van der Waals surface area contributed by atoms with Crippen LogP contribution in [0.4, 0.5) is 11.5 Å². The quantitative estimate of drug-likeness (QED) is 0.825. The minimum atomic E-state index is 0.862. The van der Waals surface area contributed by atoms with Gasteiger partial charge in [0.15, 0.2) is 5.82 Å². The van der Waals surface area contributed by atoms with E-state index in [1.807, 2.05) is 11.6 Å². The first-order valence-electron chi connectivity index (χ1n) is 6.75. The first kappa shape index (κ1) is 12.3. The van der Waals surface area contributed by atoms with Gasteiger partial charge < -0.3 is 10.6 Å². The average molecular weight is 236 g/mol. The molecule has 1 aromatic rings. The molecule has 17 heavy (non-hydrogen) atoms. The van der Waals surface area contributed by atoms with E-state index in [1.165, 1.54) is 12.8 Å². The van der Waals surface area contributed by atoms with E-state index in [2.05, 4.69) is 23.8 Å². The number of aryl methyl sites for hydroxylation is 2. The number of nitrogens with zero attached hydrogens (tertiary/aromatic N) is 3. The highest BCUT2D eigenvalue weighted by Gasteiger charge is 2.27. The molecular formula is C13H24N4. The molecule has 2 N–H and O–H groups in total. The number of hydrogen-bond acceptors (Lipinski definition) is 3. The molecule has 0 bridgehead atoms. The van der Waals surface area contributed by atoms with E-state index in [0.717, 1.165) is 49.2 Å². The van der Waals surface area contributed by atoms with E-state index in [-0.39, 0.29) is 0 Å². The summed E-state index contributed by atoms with van der Waals surface area (Å²) in [6, 6.07) is 0. The Bertz CT molecular complexity index is 379. The van der Waals surface area contributed by atoms with Crippen LogP contribution in [-0.2, 0) is 6.54 Å². The molecule has 96 valence electrons. The Morgan fingerprint density at radius 2 is 2.12 bits per heavy atom. The zero-order valence-electron chi connectivity index (χ0n) is 11.2. The van der Waals surface area contributed by atoms with Gasteiger partial charge in [-0.3, -0.25) is 0 Å². The van der Waals surface area contributed by atoms with Gasteiger partial charge in [0.1, 0.15) is 0 Å². The maximum absolute atomic E-state index is 6.18. The molecule has 1 saturated carbocycles. The second-order valence-electron chi connectivity index (χ2n) is 5.03. The molecule has 1 aliphatic carbocycles. The van der Waals surface area contributed by atoms with Crippen LogP contribution in [0.25, 0.3) is 0 Å². The summed E-state index contributed by atoms with van der Waals surface area (Å²) in [5, 5.41) is 4.51. The highest BCUT2D eigenvalue weighted by atomic mass is 15.4. The number of nitrogens with two attached hydrogens (primary N) is 1. The molecule has 0 atom stereocenters. The average Bonchev–Trinajstić information content (AvgIpc) is 3.06. The zero-order chi connectivity index (χ0) is 12.4. The molecule has 0 unspecified atom stereocenters. The van der Waals surface area contributed by atoms with Crippen molar-refractivity contribution in [1.82, 2.24) is 9.78 Å². The smallest absolute Gasteiger partial charge is 0.150 e. The van der Waals surface area contributed by atoms with Crippen molar-refractivity contribution < 1.29 is 0 Å². The van der Waals surface area contributed by atoms with Crippen molar-refractivity contribution in [2.45, 2.75) is 46.6 Å². The topological polar surface area (TPSA) is 47.1 Å². The molecule has 0 radical (unpaired) electrons. The van der Waals surface area contributed by atoms with Gasteiger partial charge in [-0.1, -0.05) is 6.92 Å². The summed E-state index contributed by atoms with van der Waals surface area (Å²) in [4.78, 5) is 2.43. The van der Waals surface area contributed by atoms with Crippen LogP contribution in [0, 0.1) is 12.8 Å². The monoisotopic (exact) mass is 236 g/mol. The SMILES string of the molecule is CCCN(CC1CC1)c1c(N)c(C)nn1CC. The zero-order valence-corrected chi connectivity index (χ0v) is 11.2. The van der Waals surface area contributed by atoms with Crippen LogP contribution < -0.4 is 10.6 Å². The Morgan fingerprint density at radius 3 is 2.65 bits per heavy atom. The third kappa shape index (κ3) is 2.56. The lowest BCUT2D eigenvalue weighted by Crippen LogP contribution is -2.29. The standard InChI is InChI=1S/C13H24N4/c1-4-8-16(9-11-6-7-11)13-12(14)10(3)15-17(13)5-2/h11H,4-9,14H2,1-3H3. The predicted molar refractivity (Wildman–Crippen MR) is 72.3 cm³/mol. The van der Waals surface area contributed by atoms with Crippen LogP contribution in [0.3, 0.4) is 0 Å². The maximum atomic E-state index is 6.18. The van der Waals surface area contributed by atoms with Crippen molar-refractivity contribution in [3.8, 4) is 0 Å². The van der Waals surface area contributed by atoms with E-state index in [4.69, 9.17) is 5.73 Å². The highest BCUT2D eigenvalue weighted by molar-refractivity contribution is 5.66. The maximum Gasteiger partial charge on any atom is 0.150 e. The molecule has 2 rings (SSSR count). The summed E-state index contributed by atoms with van der Waals surface area (Å²) < 4.78 is 2.04. The van der Waals surface area contributed by atoms with Gasteiger partial charge in [-0.15, -0.1) is 0 Å². The van der Waals surface area contributed by atoms with Crippen molar-refractivity contribution in [3.63, 3.8) is 0 Å². The first-order valence-corrected chi connectivity index (χ1v) is 6.75. The molecule has 1 fully saturated rings. The highest BCUT2D eigenvalue weighted by Crippen LogP contribution is 2.34. The van der Waals surface area contributed by atoms with Crippen molar-refractivity contribution in [3.05, 3.63) is 5.69 Å². The lowest BCUT2D eigenvalue weighted by Gasteiger charge is -2.25. The summed E-state index contributed by atoms with van der Waals surface area (Å²) in [6.45, 7) is 9.44. The van der Waals surface area contributed by atoms with Gasteiger partial charge in [0.2, 0.25) is 0 Å². The van der Waals surface area contributed by atoms with Gasteiger partial charge in [-0.2, -0.15) is 5.10 Å². The van der Waals surface area contributed by atoms with Gasteiger partial charge in [0.05, 0.1) is 11.4 Å². The Balaban J connectivity index is 2.25. The molecular weight excluding hydrogens is 212 g/mol. The second-order valence-corrected chi connectivity index (χ2v) is 5.03. The summed E-state index contributed by atoms with van der Waals surface area (Å²) in [5.41, 5.74) is 8.00. The second kappa shape index (κ2) is 4.98. The van der Waals surface area contributed by atoms with Crippen molar-refractivity contribution >= 4 is 11.5 Å². The van der Waals surface area contributed by atoms with Crippen molar-refractivity contribution in [1.29, 1.82) is 0 Å². The molecule has 0 aliphatic heterocycles. The Labute approximate surface area is 104 Å². The van der Waals surface area contributed by atoms with Crippen LogP contribution in [0.5, 0.6) is 0 Å². The van der Waals surface area contributed by atoms with Crippen LogP contribution in [0.2, 0.25) is 0 Å². The number of nitrogen functional groups attached to an aromatic ring is 1. The van der Waals surface area contributed by atoms with Crippen molar-refractivity contribution in [2.75, 3.05) is 23.7 Å². The van der Waals surface area contributed by atoms with Crippen LogP contribution in [0.1, 0.15) is 38.8 Å². The summed E-state index contributed by atoms with van der Waals surface area (Å²) in [7, 11) is 0. The molecule has 0 aromatic carbocycles.